The molecule has 190 valence electrons. The van der Waals surface area contributed by atoms with Crippen LogP contribution in [-0.2, 0) is 19.5 Å². The van der Waals surface area contributed by atoms with Crippen molar-refractivity contribution in [3.05, 3.63) is 70.4 Å². The Kier molecular flexibility index (Phi) is 8.81. The number of nitrogens with one attached hydrogen (secondary N) is 1. The van der Waals surface area contributed by atoms with E-state index >= 15 is 0 Å². The molecule has 0 bridgehead atoms. The van der Waals surface area contributed by atoms with Crippen molar-refractivity contribution in [2.75, 3.05) is 0 Å². The lowest BCUT2D eigenvalue weighted by Gasteiger charge is -2.09. The molecule has 36 heavy (non-hydrogen) atoms. The number of hydrogen-bond acceptors (Lipinski definition) is 5. The van der Waals surface area contributed by atoms with E-state index in [9.17, 15) is 4.79 Å². The van der Waals surface area contributed by atoms with Gasteiger partial charge in [-0.15, -0.1) is 10.2 Å². The van der Waals surface area contributed by atoms with Crippen molar-refractivity contribution >= 4 is 0 Å². The van der Waals surface area contributed by atoms with Crippen LogP contribution >= 0.6 is 0 Å². The molecule has 0 saturated carbocycles. The minimum Gasteiger partial charge on any atom is -0.274 e. The summed E-state index contributed by atoms with van der Waals surface area (Å²) in [5, 5.41) is 19.2. The topological polar surface area (TPSA) is 94.3 Å². The minimum absolute atomic E-state index is 0.0174. The zero-order valence-corrected chi connectivity index (χ0v) is 21.7. The lowest BCUT2D eigenvalue weighted by Crippen LogP contribution is -2.27. The molecule has 0 spiro atoms. The Hall–Kier alpha value is -3.55. The average Bonchev–Trinajstić information content (AvgIpc) is 3.51. The fourth-order valence-corrected chi connectivity index (χ4v) is 4.54. The predicted octanol–water partition coefficient (Wildman–Crippen LogP) is 5.50. The molecule has 8 nitrogen and oxygen atoms in total. The van der Waals surface area contributed by atoms with Crippen molar-refractivity contribution in [3.63, 3.8) is 0 Å². The standard InChI is InChI=1S/C28H37N7O/c1-4-5-6-7-8-9-14-26-31-35(19-21(2)3)28(36)34(26)20-22-15-17-23(18-16-22)24-12-10-11-13-25(24)27-29-32-33-30-27/h10-13,15-18,21H,4-9,14,19-20H2,1-3H3,(H,29,30,32,33). The number of tetrazole rings is 1. The van der Waals surface area contributed by atoms with Gasteiger partial charge in [0.1, 0.15) is 5.82 Å². The molecule has 0 amide bonds. The SMILES string of the molecule is CCCCCCCCc1nn(CC(C)C)c(=O)n1Cc1ccc(-c2ccccc2-c2nn[nH]n2)cc1. The first-order valence-corrected chi connectivity index (χ1v) is 13.2. The highest BCUT2D eigenvalue weighted by Gasteiger charge is 2.15. The first-order chi connectivity index (χ1) is 17.6. The molecular weight excluding hydrogens is 450 g/mol. The van der Waals surface area contributed by atoms with Gasteiger partial charge < -0.3 is 0 Å². The summed E-state index contributed by atoms with van der Waals surface area (Å²) < 4.78 is 3.50. The lowest BCUT2D eigenvalue weighted by atomic mass is 9.98. The third-order valence-corrected chi connectivity index (χ3v) is 6.41. The van der Waals surface area contributed by atoms with E-state index in [1.54, 1.807) is 4.68 Å². The Morgan fingerprint density at radius 3 is 2.33 bits per heavy atom. The van der Waals surface area contributed by atoms with Gasteiger partial charge in [-0.3, -0.25) is 4.57 Å². The van der Waals surface area contributed by atoms with E-state index in [0.29, 0.717) is 24.8 Å². The molecule has 4 rings (SSSR count). The molecule has 0 aliphatic rings. The molecular formula is C28H37N7O. The molecule has 0 saturated heterocycles. The van der Waals surface area contributed by atoms with Crippen LogP contribution in [0.3, 0.4) is 0 Å². The summed E-state index contributed by atoms with van der Waals surface area (Å²) >= 11 is 0. The number of aryl methyl sites for hydroxylation is 1. The van der Waals surface area contributed by atoms with Gasteiger partial charge in [-0.1, -0.05) is 101 Å². The fraction of sp³-hybridized carbons (Fsp3) is 0.464. The maximum absolute atomic E-state index is 13.2. The molecule has 0 fully saturated rings. The number of rotatable bonds is 13. The normalized spacial score (nSPS) is 11.4. The zero-order valence-electron chi connectivity index (χ0n) is 21.7. The van der Waals surface area contributed by atoms with Crippen LogP contribution in [0.4, 0.5) is 0 Å². The van der Waals surface area contributed by atoms with Gasteiger partial charge in [0.15, 0.2) is 0 Å². The summed E-state index contributed by atoms with van der Waals surface area (Å²) in [6.45, 7) is 7.63. The van der Waals surface area contributed by atoms with Gasteiger partial charge in [-0.05, 0) is 34.2 Å². The van der Waals surface area contributed by atoms with Crippen molar-refractivity contribution in [2.45, 2.75) is 78.8 Å². The number of aromatic nitrogens is 7. The van der Waals surface area contributed by atoms with Crippen LogP contribution in [-0.4, -0.2) is 35.0 Å². The lowest BCUT2D eigenvalue weighted by molar-refractivity contribution is 0.465. The van der Waals surface area contributed by atoms with E-state index < -0.39 is 0 Å². The second-order valence-electron chi connectivity index (χ2n) is 9.86. The van der Waals surface area contributed by atoms with E-state index in [1.807, 2.05) is 22.8 Å². The van der Waals surface area contributed by atoms with Crippen molar-refractivity contribution in [2.24, 2.45) is 5.92 Å². The van der Waals surface area contributed by atoms with Crippen LogP contribution in [0.1, 0.15) is 70.7 Å². The number of H-pyrrole nitrogens is 1. The Morgan fingerprint density at radius 2 is 1.64 bits per heavy atom. The highest BCUT2D eigenvalue weighted by Crippen LogP contribution is 2.29. The van der Waals surface area contributed by atoms with E-state index in [-0.39, 0.29) is 5.69 Å². The Morgan fingerprint density at radius 1 is 0.917 bits per heavy atom. The minimum atomic E-state index is -0.0174. The third kappa shape index (κ3) is 6.36. The smallest absolute Gasteiger partial charge is 0.274 e. The van der Waals surface area contributed by atoms with E-state index in [1.165, 1.54) is 32.1 Å². The Labute approximate surface area is 212 Å². The summed E-state index contributed by atoms with van der Waals surface area (Å²) in [4.78, 5) is 13.2. The van der Waals surface area contributed by atoms with Crippen LogP contribution in [0.5, 0.6) is 0 Å². The number of aromatic amines is 1. The van der Waals surface area contributed by atoms with Crippen molar-refractivity contribution < 1.29 is 0 Å². The number of benzene rings is 2. The summed E-state index contributed by atoms with van der Waals surface area (Å²) in [7, 11) is 0. The second kappa shape index (κ2) is 12.4. The van der Waals surface area contributed by atoms with Crippen LogP contribution in [0.15, 0.2) is 53.3 Å². The fourth-order valence-electron chi connectivity index (χ4n) is 4.54. The molecule has 2 aromatic heterocycles. The summed E-state index contributed by atoms with van der Waals surface area (Å²) in [5.41, 5.74) is 4.08. The zero-order chi connectivity index (χ0) is 25.3. The van der Waals surface area contributed by atoms with Gasteiger partial charge in [0.2, 0.25) is 5.82 Å². The molecule has 2 aromatic carbocycles. The number of unbranched alkanes of at least 4 members (excludes halogenated alkanes) is 5. The van der Waals surface area contributed by atoms with Gasteiger partial charge in [-0.25, -0.2) is 9.48 Å². The van der Waals surface area contributed by atoms with Crippen LogP contribution < -0.4 is 5.69 Å². The monoisotopic (exact) mass is 487 g/mol. The second-order valence-corrected chi connectivity index (χ2v) is 9.86. The van der Waals surface area contributed by atoms with Crippen LogP contribution in [0.25, 0.3) is 22.5 Å². The highest BCUT2D eigenvalue weighted by molar-refractivity contribution is 5.80. The Bertz CT molecular complexity index is 1270. The molecule has 0 radical (unpaired) electrons. The van der Waals surface area contributed by atoms with Crippen molar-refractivity contribution in [1.82, 2.24) is 35.0 Å². The molecule has 0 unspecified atom stereocenters. The van der Waals surface area contributed by atoms with Gasteiger partial charge in [0, 0.05) is 18.5 Å². The van der Waals surface area contributed by atoms with Crippen molar-refractivity contribution in [3.8, 4) is 22.5 Å². The van der Waals surface area contributed by atoms with E-state index in [0.717, 1.165) is 40.9 Å². The van der Waals surface area contributed by atoms with Crippen LogP contribution in [0, 0.1) is 5.92 Å². The molecule has 4 aromatic rings. The maximum atomic E-state index is 13.2. The van der Waals surface area contributed by atoms with E-state index in [2.05, 4.69) is 71.7 Å². The van der Waals surface area contributed by atoms with Gasteiger partial charge in [0.05, 0.1) is 6.54 Å². The molecule has 8 heteroatoms. The van der Waals surface area contributed by atoms with Crippen molar-refractivity contribution in [1.29, 1.82) is 0 Å². The largest absolute Gasteiger partial charge is 0.346 e. The van der Waals surface area contributed by atoms with Crippen LogP contribution in [0.2, 0.25) is 0 Å². The third-order valence-electron chi connectivity index (χ3n) is 6.41. The maximum Gasteiger partial charge on any atom is 0.346 e. The molecule has 0 atom stereocenters. The summed E-state index contributed by atoms with van der Waals surface area (Å²) in [6, 6.07) is 16.4. The highest BCUT2D eigenvalue weighted by atomic mass is 16.2. The summed E-state index contributed by atoms with van der Waals surface area (Å²) in [5.74, 6) is 1.83. The quantitative estimate of drug-likeness (QED) is 0.251. The first kappa shape index (κ1) is 25.5. The molecule has 2 heterocycles. The first-order valence-electron chi connectivity index (χ1n) is 13.2. The van der Waals surface area contributed by atoms with Gasteiger partial charge >= 0.3 is 5.69 Å². The van der Waals surface area contributed by atoms with Gasteiger partial charge in [0.25, 0.3) is 0 Å². The van der Waals surface area contributed by atoms with Gasteiger partial charge in [-0.2, -0.15) is 10.3 Å². The predicted molar refractivity (Wildman–Crippen MR) is 143 cm³/mol. The summed E-state index contributed by atoms with van der Waals surface area (Å²) in [6.07, 6.45) is 8.16. The number of hydrogen-bond donors (Lipinski definition) is 1. The molecule has 1 N–H and O–H groups in total. The molecule has 0 aliphatic carbocycles. The Balaban J connectivity index is 1.52. The van der Waals surface area contributed by atoms with E-state index in [4.69, 9.17) is 5.10 Å². The number of nitrogens with zero attached hydrogens (tertiary/aromatic N) is 6. The molecule has 0 aliphatic heterocycles. The average molecular weight is 488 g/mol.